The van der Waals surface area contributed by atoms with Gasteiger partial charge in [0.15, 0.2) is 0 Å². The van der Waals surface area contributed by atoms with Crippen molar-refractivity contribution in [3.63, 3.8) is 0 Å². The number of rotatable bonds is 4. The molecule has 0 aliphatic rings. The highest BCUT2D eigenvalue weighted by Gasteiger charge is 2.23. The van der Waals surface area contributed by atoms with E-state index in [1.54, 1.807) is 23.5 Å². The molecule has 1 aromatic carbocycles. The van der Waals surface area contributed by atoms with Crippen molar-refractivity contribution in [2.75, 3.05) is 6.54 Å². The first kappa shape index (κ1) is 15.5. The van der Waals surface area contributed by atoms with Gasteiger partial charge in [0.2, 0.25) is 0 Å². The molecule has 0 radical (unpaired) electrons. The second-order valence-corrected chi connectivity index (χ2v) is 7.44. The molecule has 0 saturated carbocycles. The highest BCUT2D eigenvalue weighted by atomic mass is 79.9. The summed E-state index contributed by atoms with van der Waals surface area (Å²) in [7, 11) is 0. The van der Waals surface area contributed by atoms with E-state index in [1.807, 2.05) is 17.5 Å². The van der Waals surface area contributed by atoms with Crippen LogP contribution in [0.25, 0.3) is 0 Å². The lowest BCUT2D eigenvalue weighted by molar-refractivity contribution is 0.0946. The summed E-state index contributed by atoms with van der Waals surface area (Å²) in [6, 6.07) is 9.37. The van der Waals surface area contributed by atoms with E-state index in [2.05, 4.69) is 41.2 Å². The molecule has 2 aromatic rings. The Balaban J connectivity index is 2.07. The number of halogens is 2. The lowest BCUT2D eigenvalue weighted by atomic mass is 9.91. The quantitative estimate of drug-likeness (QED) is 0.815. The molecule has 0 aliphatic heterocycles. The maximum Gasteiger partial charge on any atom is 0.252 e. The maximum absolute atomic E-state index is 12.2. The molecular formula is C15H15BrClNOS. The van der Waals surface area contributed by atoms with Gasteiger partial charge in [-0.3, -0.25) is 4.79 Å². The Bertz CT molecular complexity index is 610. The lowest BCUT2D eigenvalue weighted by Crippen LogP contribution is -2.36. The molecular weight excluding hydrogens is 358 g/mol. The molecule has 20 heavy (non-hydrogen) atoms. The number of carbonyl (C=O) groups excluding carboxylic acids is 1. The molecule has 0 unspecified atom stereocenters. The van der Waals surface area contributed by atoms with Crippen LogP contribution in [0.4, 0.5) is 0 Å². The lowest BCUT2D eigenvalue weighted by Gasteiger charge is -2.23. The van der Waals surface area contributed by atoms with Crippen LogP contribution in [0.2, 0.25) is 5.02 Å². The highest BCUT2D eigenvalue weighted by molar-refractivity contribution is 9.10. The summed E-state index contributed by atoms with van der Waals surface area (Å²) in [5.74, 6) is -0.152. The summed E-state index contributed by atoms with van der Waals surface area (Å²) < 4.78 is 0.838. The van der Waals surface area contributed by atoms with E-state index >= 15 is 0 Å². The summed E-state index contributed by atoms with van der Waals surface area (Å²) >= 11 is 11.1. The van der Waals surface area contributed by atoms with Crippen molar-refractivity contribution < 1.29 is 4.79 Å². The van der Waals surface area contributed by atoms with Gasteiger partial charge in [-0.25, -0.2) is 0 Å². The first-order chi connectivity index (χ1) is 9.40. The van der Waals surface area contributed by atoms with E-state index in [-0.39, 0.29) is 11.3 Å². The van der Waals surface area contributed by atoms with E-state index in [0.717, 1.165) is 4.47 Å². The van der Waals surface area contributed by atoms with E-state index in [0.29, 0.717) is 17.1 Å². The number of carbonyl (C=O) groups is 1. The molecule has 1 heterocycles. The first-order valence-corrected chi connectivity index (χ1v) is 8.22. The topological polar surface area (TPSA) is 29.1 Å². The molecule has 1 N–H and O–H groups in total. The van der Waals surface area contributed by atoms with Crippen LogP contribution >= 0.6 is 38.9 Å². The van der Waals surface area contributed by atoms with Gasteiger partial charge in [-0.15, -0.1) is 11.3 Å². The third-order valence-corrected chi connectivity index (χ3v) is 5.11. The monoisotopic (exact) mass is 371 g/mol. The fraction of sp³-hybridized carbons (Fsp3) is 0.267. The Labute approximate surface area is 136 Å². The van der Waals surface area contributed by atoms with Gasteiger partial charge < -0.3 is 5.32 Å². The van der Waals surface area contributed by atoms with E-state index in [4.69, 9.17) is 11.6 Å². The van der Waals surface area contributed by atoms with Gasteiger partial charge in [0.1, 0.15) is 0 Å². The third-order valence-electron chi connectivity index (χ3n) is 3.05. The van der Waals surface area contributed by atoms with Gasteiger partial charge >= 0.3 is 0 Å². The van der Waals surface area contributed by atoms with Crippen LogP contribution in [-0.2, 0) is 5.41 Å². The summed E-state index contributed by atoms with van der Waals surface area (Å²) in [5, 5.41) is 5.46. The highest BCUT2D eigenvalue weighted by Crippen LogP contribution is 2.27. The molecule has 2 nitrogen and oxygen atoms in total. The molecule has 1 amide bonds. The van der Waals surface area contributed by atoms with Gasteiger partial charge in [-0.1, -0.05) is 47.4 Å². The summed E-state index contributed by atoms with van der Waals surface area (Å²) in [4.78, 5) is 13.5. The SMILES string of the molecule is CC(C)(CNC(=O)c1cc(Br)ccc1Cl)c1cccs1. The number of thiophene rings is 1. The standard InChI is InChI=1S/C15H15BrClNOS/c1-15(2,13-4-3-7-20-13)9-18-14(19)11-8-10(16)5-6-12(11)17/h3-8H,9H2,1-2H3,(H,18,19). The third kappa shape index (κ3) is 3.62. The largest absolute Gasteiger partial charge is 0.351 e. The average molecular weight is 373 g/mol. The normalized spacial score (nSPS) is 11.4. The molecule has 0 spiro atoms. The predicted octanol–water partition coefficient (Wildman–Crippen LogP) is 4.87. The zero-order valence-corrected chi connectivity index (χ0v) is 14.4. The Morgan fingerprint density at radius 2 is 2.15 bits per heavy atom. The van der Waals surface area contributed by atoms with Gasteiger partial charge in [0.25, 0.3) is 5.91 Å². The molecule has 0 bridgehead atoms. The zero-order valence-electron chi connectivity index (χ0n) is 11.2. The van der Waals surface area contributed by atoms with E-state index in [9.17, 15) is 4.79 Å². The zero-order chi connectivity index (χ0) is 14.8. The van der Waals surface area contributed by atoms with Crippen molar-refractivity contribution in [2.45, 2.75) is 19.3 Å². The molecule has 2 rings (SSSR count). The molecule has 0 atom stereocenters. The summed E-state index contributed by atoms with van der Waals surface area (Å²) in [6.45, 7) is 4.79. The smallest absolute Gasteiger partial charge is 0.252 e. The fourth-order valence-electron chi connectivity index (χ4n) is 1.82. The number of benzene rings is 1. The molecule has 0 fully saturated rings. The Hall–Kier alpha value is -0.840. The number of hydrogen-bond acceptors (Lipinski definition) is 2. The predicted molar refractivity (Wildman–Crippen MR) is 88.8 cm³/mol. The van der Waals surface area contributed by atoms with Gasteiger partial charge in [0, 0.05) is 21.3 Å². The van der Waals surface area contributed by atoms with Crippen LogP contribution in [0.3, 0.4) is 0 Å². The van der Waals surface area contributed by atoms with Crippen LogP contribution in [0.15, 0.2) is 40.2 Å². The Morgan fingerprint density at radius 1 is 1.40 bits per heavy atom. The van der Waals surface area contributed by atoms with Crippen molar-refractivity contribution in [2.24, 2.45) is 0 Å². The van der Waals surface area contributed by atoms with Crippen LogP contribution in [0.5, 0.6) is 0 Å². The molecule has 5 heteroatoms. The van der Waals surface area contributed by atoms with E-state index in [1.165, 1.54) is 4.88 Å². The minimum Gasteiger partial charge on any atom is -0.351 e. The molecule has 1 aromatic heterocycles. The second kappa shape index (κ2) is 6.29. The van der Waals surface area contributed by atoms with E-state index < -0.39 is 0 Å². The van der Waals surface area contributed by atoms with Crippen molar-refractivity contribution >= 4 is 44.8 Å². The van der Waals surface area contributed by atoms with Gasteiger partial charge in [-0.2, -0.15) is 0 Å². The van der Waals surface area contributed by atoms with Gasteiger partial charge in [0.05, 0.1) is 10.6 Å². The fourth-order valence-corrected chi connectivity index (χ4v) is 3.24. The van der Waals surface area contributed by atoms with Gasteiger partial charge in [-0.05, 0) is 29.6 Å². The van der Waals surface area contributed by atoms with Crippen molar-refractivity contribution in [1.82, 2.24) is 5.32 Å². The van der Waals surface area contributed by atoms with Crippen molar-refractivity contribution in [3.8, 4) is 0 Å². The second-order valence-electron chi connectivity index (χ2n) is 5.17. The molecule has 0 saturated heterocycles. The minimum absolute atomic E-state index is 0.0949. The van der Waals surface area contributed by atoms with Crippen LogP contribution in [0.1, 0.15) is 29.1 Å². The first-order valence-electron chi connectivity index (χ1n) is 6.17. The van der Waals surface area contributed by atoms with Crippen LogP contribution in [-0.4, -0.2) is 12.5 Å². The number of amides is 1. The molecule has 106 valence electrons. The van der Waals surface area contributed by atoms with Crippen LogP contribution in [0, 0.1) is 0 Å². The minimum atomic E-state index is -0.152. The van der Waals surface area contributed by atoms with Crippen molar-refractivity contribution in [3.05, 3.63) is 55.6 Å². The average Bonchev–Trinajstić information content (AvgIpc) is 2.93. The summed E-state index contributed by atoms with van der Waals surface area (Å²) in [6.07, 6.45) is 0. The number of nitrogens with one attached hydrogen (secondary N) is 1. The maximum atomic E-state index is 12.2. The molecule has 0 aliphatic carbocycles. The summed E-state index contributed by atoms with van der Waals surface area (Å²) in [5.41, 5.74) is 0.394. The number of hydrogen-bond donors (Lipinski definition) is 1. The Morgan fingerprint density at radius 3 is 2.80 bits per heavy atom. The van der Waals surface area contributed by atoms with Crippen LogP contribution < -0.4 is 5.32 Å². The Kier molecular flexibility index (Phi) is 4.89. The van der Waals surface area contributed by atoms with Crippen molar-refractivity contribution in [1.29, 1.82) is 0 Å².